The monoisotopic (exact) mass is 333 g/mol. The molecule has 1 aromatic carbocycles. The Labute approximate surface area is 143 Å². The number of ether oxygens (including phenoxy) is 1. The maximum atomic E-state index is 5.75. The predicted molar refractivity (Wildman–Crippen MR) is 90.9 cm³/mol. The number of hydrogen-bond donors (Lipinski definition) is 1. The molecule has 1 N–H and O–H groups in total. The molecule has 0 bridgehead atoms. The van der Waals surface area contributed by atoms with Gasteiger partial charge in [-0.25, -0.2) is 4.98 Å². The second-order valence-corrected chi connectivity index (χ2v) is 5.38. The molecule has 4 aromatic rings. The Bertz CT molecular complexity index is 971. The molecule has 8 nitrogen and oxygen atoms in total. The highest BCUT2D eigenvalue weighted by atomic mass is 16.5. The van der Waals surface area contributed by atoms with Gasteiger partial charge in [0, 0.05) is 18.8 Å². The topological polar surface area (TPSA) is 90.1 Å². The highest BCUT2D eigenvalue weighted by molar-refractivity contribution is 5.42. The Hall–Kier alpha value is -3.55. The Balaban J connectivity index is 1.39. The maximum Gasteiger partial charge on any atom is 0.213 e. The number of fused-ring (bicyclic) bond motifs is 1. The van der Waals surface area contributed by atoms with Gasteiger partial charge < -0.3 is 10.1 Å². The molecule has 3 heterocycles. The Morgan fingerprint density at radius 2 is 1.92 bits per heavy atom. The lowest BCUT2D eigenvalue weighted by molar-refractivity contribution is 0.293. The van der Waals surface area contributed by atoms with E-state index in [9.17, 15) is 0 Å². The summed E-state index contributed by atoms with van der Waals surface area (Å²) in [6.45, 7) is 1.08. The van der Waals surface area contributed by atoms with Crippen molar-refractivity contribution in [1.29, 1.82) is 0 Å². The van der Waals surface area contributed by atoms with Crippen LogP contribution in [0.25, 0.3) is 5.65 Å². The molecule has 0 fully saturated rings. The summed E-state index contributed by atoms with van der Waals surface area (Å²) in [4.78, 5) is 4.25. The van der Waals surface area contributed by atoms with Gasteiger partial charge in [0.05, 0.1) is 0 Å². The van der Waals surface area contributed by atoms with Crippen molar-refractivity contribution in [1.82, 2.24) is 30.2 Å². The van der Waals surface area contributed by atoms with Gasteiger partial charge in [0.25, 0.3) is 0 Å². The van der Waals surface area contributed by atoms with E-state index in [1.807, 2.05) is 48.5 Å². The quantitative estimate of drug-likeness (QED) is 0.578. The number of nitrogens with zero attached hydrogens (tertiary/aromatic N) is 6. The minimum Gasteiger partial charge on any atom is -0.473 e. The first kappa shape index (κ1) is 15.0. The van der Waals surface area contributed by atoms with Crippen molar-refractivity contribution in [2.24, 2.45) is 0 Å². The summed E-state index contributed by atoms with van der Waals surface area (Å²) < 4.78 is 7.13. The molecule has 124 valence electrons. The van der Waals surface area contributed by atoms with Crippen LogP contribution in [0, 0.1) is 0 Å². The second-order valence-electron chi connectivity index (χ2n) is 5.38. The third-order valence-corrected chi connectivity index (χ3v) is 3.57. The molecule has 0 radical (unpaired) electrons. The van der Waals surface area contributed by atoms with Crippen LogP contribution in [0.4, 0.5) is 5.82 Å². The highest BCUT2D eigenvalue weighted by Gasteiger charge is 2.03. The number of pyridine rings is 1. The van der Waals surface area contributed by atoms with E-state index in [4.69, 9.17) is 4.74 Å². The van der Waals surface area contributed by atoms with Crippen LogP contribution in [0.1, 0.15) is 11.1 Å². The van der Waals surface area contributed by atoms with E-state index in [0.29, 0.717) is 30.5 Å². The summed E-state index contributed by atoms with van der Waals surface area (Å²) in [6.07, 6.45) is 1.73. The summed E-state index contributed by atoms with van der Waals surface area (Å²) in [7, 11) is 0. The summed E-state index contributed by atoms with van der Waals surface area (Å²) in [6, 6.07) is 17.5. The fraction of sp³-hybridized carbons (Fsp3) is 0.118. The number of nitrogens with one attached hydrogen (secondary N) is 1. The van der Waals surface area contributed by atoms with Gasteiger partial charge in [-0.15, -0.1) is 14.8 Å². The number of rotatable bonds is 6. The lowest BCUT2D eigenvalue weighted by Crippen LogP contribution is -2.05. The lowest BCUT2D eigenvalue weighted by Gasteiger charge is -2.08. The standard InChI is InChI=1S/C17H15N7O/c1-2-4-13(5-3-1)12-25-17-10-14(8-9-18-17)11-19-15-6-7-16-20-22-23-24(16)21-15/h1-10H,11-12H2,(H,19,21). The van der Waals surface area contributed by atoms with Crippen molar-refractivity contribution in [3.8, 4) is 5.88 Å². The molecule has 0 unspecified atom stereocenters. The number of benzene rings is 1. The first-order valence-corrected chi connectivity index (χ1v) is 7.78. The van der Waals surface area contributed by atoms with E-state index in [1.165, 1.54) is 4.63 Å². The van der Waals surface area contributed by atoms with Crippen LogP contribution in [-0.4, -0.2) is 30.2 Å². The zero-order valence-electron chi connectivity index (χ0n) is 13.3. The van der Waals surface area contributed by atoms with E-state index >= 15 is 0 Å². The molecule has 0 spiro atoms. The summed E-state index contributed by atoms with van der Waals surface area (Å²) in [5, 5.41) is 18.7. The van der Waals surface area contributed by atoms with Crippen LogP contribution in [0.2, 0.25) is 0 Å². The van der Waals surface area contributed by atoms with Gasteiger partial charge in [0.15, 0.2) is 5.65 Å². The molecule has 4 rings (SSSR count). The molecule has 0 aliphatic carbocycles. The smallest absolute Gasteiger partial charge is 0.213 e. The minimum absolute atomic E-state index is 0.488. The Morgan fingerprint density at radius 3 is 2.84 bits per heavy atom. The SMILES string of the molecule is c1ccc(COc2cc(CNc3ccc4nnnn4n3)ccn2)cc1. The van der Waals surface area contributed by atoms with Crippen LogP contribution in [0.5, 0.6) is 5.88 Å². The van der Waals surface area contributed by atoms with Crippen LogP contribution < -0.4 is 10.1 Å². The van der Waals surface area contributed by atoms with Crippen molar-refractivity contribution >= 4 is 11.5 Å². The number of tetrazole rings is 1. The zero-order chi connectivity index (χ0) is 16.9. The van der Waals surface area contributed by atoms with E-state index in [0.717, 1.165) is 11.1 Å². The molecule has 0 aliphatic heterocycles. The van der Waals surface area contributed by atoms with Crippen LogP contribution in [0.3, 0.4) is 0 Å². The van der Waals surface area contributed by atoms with Gasteiger partial charge in [0.1, 0.15) is 12.4 Å². The Morgan fingerprint density at radius 1 is 1.00 bits per heavy atom. The molecular formula is C17H15N7O. The van der Waals surface area contributed by atoms with E-state index < -0.39 is 0 Å². The normalized spacial score (nSPS) is 10.7. The summed E-state index contributed by atoms with van der Waals surface area (Å²) in [5.74, 6) is 1.27. The number of aromatic nitrogens is 6. The first-order valence-electron chi connectivity index (χ1n) is 7.78. The third-order valence-electron chi connectivity index (χ3n) is 3.57. The molecule has 0 atom stereocenters. The van der Waals surface area contributed by atoms with Crippen LogP contribution in [-0.2, 0) is 13.2 Å². The van der Waals surface area contributed by atoms with Crippen molar-refractivity contribution in [2.45, 2.75) is 13.2 Å². The molecular weight excluding hydrogens is 318 g/mol. The Kier molecular flexibility index (Phi) is 4.15. The third kappa shape index (κ3) is 3.69. The molecule has 0 amide bonds. The van der Waals surface area contributed by atoms with Gasteiger partial charge in [-0.3, -0.25) is 0 Å². The van der Waals surface area contributed by atoms with Gasteiger partial charge in [-0.05, 0) is 39.8 Å². The molecule has 0 saturated heterocycles. The molecule has 8 heteroatoms. The van der Waals surface area contributed by atoms with Gasteiger partial charge in [0.2, 0.25) is 5.88 Å². The largest absolute Gasteiger partial charge is 0.473 e. The lowest BCUT2D eigenvalue weighted by atomic mass is 10.2. The molecule has 25 heavy (non-hydrogen) atoms. The number of anilines is 1. The zero-order valence-corrected chi connectivity index (χ0v) is 13.3. The molecule has 0 saturated carbocycles. The summed E-state index contributed by atoms with van der Waals surface area (Å²) in [5.41, 5.74) is 2.74. The van der Waals surface area contributed by atoms with Gasteiger partial charge in [-0.1, -0.05) is 30.3 Å². The fourth-order valence-corrected chi connectivity index (χ4v) is 2.31. The van der Waals surface area contributed by atoms with Crippen LogP contribution in [0.15, 0.2) is 60.8 Å². The van der Waals surface area contributed by atoms with E-state index in [1.54, 1.807) is 12.3 Å². The summed E-state index contributed by atoms with van der Waals surface area (Å²) >= 11 is 0. The minimum atomic E-state index is 0.488. The van der Waals surface area contributed by atoms with Crippen LogP contribution >= 0.6 is 0 Å². The number of hydrogen-bond acceptors (Lipinski definition) is 7. The van der Waals surface area contributed by atoms with E-state index in [-0.39, 0.29) is 0 Å². The van der Waals surface area contributed by atoms with Crippen molar-refractivity contribution < 1.29 is 4.74 Å². The van der Waals surface area contributed by atoms with Crippen molar-refractivity contribution in [3.05, 3.63) is 71.9 Å². The first-order chi connectivity index (χ1) is 12.4. The van der Waals surface area contributed by atoms with Gasteiger partial charge in [-0.2, -0.15) is 0 Å². The predicted octanol–water partition coefficient (Wildman–Crippen LogP) is 2.11. The van der Waals surface area contributed by atoms with Gasteiger partial charge >= 0.3 is 0 Å². The second kappa shape index (κ2) is 6.91. The van der Waals surface area contributed by atoms with Crippen molar-refractivity contribution in [2.75, 3.05) is 5.32 Å². The molecule has 0 aliphatic rings. The average Bonchev–Trinajstić information content (AvgIpc) is 3.14. The fourth-order valence-electron chi connectivity index (χ4n) is 2.31. The maximum absolute atomic E-state index is 5.75. The highest BCUT2D eigenvalue weighted by Crippen LogP contribution is 2.13. The average molecular weight is 333 g/mol. The van der Waals surface area contributed by atoms with Crippen molar-refractivity contribution in [3.63, 3.8) is 0 Å². The molecule has 3 aromatic heterocycles. The van der Waals surface area contributed by atoms with E-state index in [2.05, 4.69) is 30.9 Å².